The quantitative estimate of drug-likeness (QED) is 0.629. The summed E-state index contributed by atoms with van der Waals surface area (Å²) < 4.78 is 10.4. The van der Waals surface area contributed by atoms with E-state index in [1.165, 1.54) is 23.3 Å². The molecule has 0 spiro atoms. The molecule has 1 aromatic heterocycles. The van der Waals surface area contributed by atoms with Crippen LogP contribution < -0.4 is 9.47 Å². The highest BCUT2D eigenvalue weighted by atomic mass is 32.1. The van der Waals surface area contributed by atoms with E-state index >= 15 is 0 Å². The van der Waals surface area contributed by atoms with Crippen molar-refractivity contribution in [3.63, 3.8) is 0 Å². The molecule has 2 aromatic rings. The van der Waals surface area contributed by atoms with Gasteiger partial charge in [-0.05, 0) is 35.6 Å². The van der Waals surface area contributed by atoms with Gasteiger partial charge in [0.1, 0.15) is 0 Å². The van der Waals surface area contributed by atoms with Crippen molar-refractivity contribution in [1.29, 1.82) is 0 Å². The van der Waals surface area contributed by atoms with Crippen LogP contribution in [0.1, 0.15) is 40.6 Å². The van der Waals surface area contributed by atoms with E-state index in [1.54, 1.807) is 38.4 Å². The van der Waals surface area contributed by atoms with Crippen molar-refractivity contribution in [2.75, 3.05) is 27.8 Å². The third kappa shape index (κ3) is 5.80. The zero-order valence-electron chi connectivity index (χ0n) is 15.8. The molecule has 0 fully saturated rings. The summed E-state index contributed by atoms with van der Waals surface area (Å²) in [5.41, 5.74) is 0.639. The van der Waals surface area contributed by atoms with Crippen LogP contribution >= 0.6 is 11.3 Å². The molecule has 0 aliphatic rings. The van der Waals surface area contributed by atoms with Gasteiger partial charge in [0.2, 0.25) is 5.91 Å². The van der Waals surface area contributed by atoms with E-state index in [2.05, 4.69) is 0 Å². The molecule has 1 unspecified atom stereocenters. The van der Waals surface area contributed by atoms with Gasteiger partial charge in [-0.3, -0.25) is 9.59 Å². The second kappa shape index (κ2) is 10.1. The van der Waals surface area contributed by atoms with Crippen LogP contribution in [0, 0.1) is 0 Å². The average Bonchev–Trinajstić information content (AvgIpc) is 3.21. The van der Waals surface area contributed by atoms with Crippen LogP contribution in [0.5, 0.6) is 11.5 Å². The Kier molecular flexibility index (Phi) is 7.82. The van der Waals surface area contributed by atoms with Crippen LogP contribution in [0.15, 0.2) is 35.7 Å². The smallest absolute Gasteiger partial charge is 0.222 e. The molecule has 1 aromatic carbocycles. The van der Waals surface area contributed by atoms with Gasteiger partial charge in [-0.25, -0.2) is 0 Å². The van der Waals surface area contributed by atoms with Crippen LogP contribution in [-0.2, 0) is 4.79 Å². The predicted octanol–water partition coefficient (Wildman–Crippen LogP) is 3.31. The molecule has 7 heteroatoms. The molecule has 0 aliphatic heterocycles. The maximum atomic E-state index is 12.3. The first-order valence-electron chi connectivity index (χ1n) is 8.67. The number of aliphatic hydroxyl groups is 1. The normalized spacial score (nSPS) is 11.7. The third-order valence-corrected chi connectivity index (χ3v) is 5.17. The van der Waals surface area contributed by atoms with Gasteiger partial charge in [-0.2, -0.15) is 0 Å². The number of carbonyl (C=O) groups excluding carboxylic acids is 2. The lowest BCUT2D eigenvalue weighted by atomic mass is 10.1. The fourth-order valence-electron chi connectivity index (χ4n) is 2.68. The highest BCUT2D eigenvalue weighted by molar-refractivity contribution is 7.12. The second-order valence-corrected chi connectivity index (χ2v) is 7.11. The van der Waals surface area contributed by atoms with Gasteiger partial charge in [0.05, 0.1) is 31.7 Å². The Labute approximate surface area is 163 Å². The summed E-state index contributed by atoms with van der Waals surface area (Å²) in [5.74, 6) is 1.06. The van der Waals surface area contributed by atoms with E-state index in [-0.39, 0.29) is 24.7 Å². The summed E-state index contributed by atoms with van der Waals surface area (Å²) in [6, 6.07) is 8.79. The highest BCUT2D eigenvalue weighted by Gasteiger charge is 2.17. The molecule has 2 rings (SSSR count). The lowest BCUT2D eigenvalue weighted by molar-refractivity contribution is -0.131. The number of thiophene rings is 1. The van der Waals surface area contributed by atoms with Crippen LogP contribution in [0.25, 0.3) is 0 Å². The largest absolute Gasteiger partial charge is 0.493 e. The van der Waals surface area contributed by atoms with E-state index < -0.39 is 6.10 Å². The standard InChI is InChI=1S/C20H25NO5S/c1-21(20(24)8-4-6-15(22)19-7-5-11-27-19)13-16(23)14-9-10-17(25-2)18(12-14)26-3/h5,7,9-12,16,23H,4,6,8,13H2,1-3H3. The summed E-state index contributed by atoms with van der Waals surface area (Å²) in [6.07, 6.45) is 0.267. The highest BCUT2D eigenvalue weighted by Crippen LogP contribution is 2.30. The molecule has 1 N–H and O–H groups in total. The SMILES string of the molecule is COc1ccc(C(O)CN(C)C(=O)CCCC(=O)c2cccs2)cc1OC. The Morgan fingerprint density at radius 3 is 2.52 bits per heavy atom. The first-order valence-corrected chi connectivity index (χ1v) is 9.55. The van der Waals surface area contributed by atoms with Crippen LogP contribution in [0.4, 0.5) is 0 Å². The van der Waals surface area contributed by atoms with Crippen molar-refractivity contribution in [3.05, 3.63) is 46.2 Å². The second-order valence-electron chi connectivity index (χ2n) is 6.16. The molecular formula is C20H25NO5S. The van der Waals surface area contributed by atoms with Crippen molar-refractivity contribution in [3.8, 4) is 11.5 Å². The molecule has 0 saturated carbocycles. The summed E-state index contributed by atoms with van der Waals surface area (Å²) in [4.78, 5) is 26.4. The first kappa shape index (κ1) is 20.9. The molecule has 0 radical (unpaired) electrons. The molecule has 27 heavy (non-hydrogen) atoms. The van der Waals surface area contributed by atoms with E-state index in [0.29, 0.717) is 29.9 Å². The van der Waals surface area contributed by atoms with E-state index in [0.717, 1.165) is 4.88 Å². The van der Waals surface area contributed by atoms with Crippen LogP contribution in [-0.4, -0.2) is 49.5 Å². The number of carbonyl (C=O) groups is 2. The number of methoxy groups -OCH3 is 2. The van der Waals surface area contributed by atoms with Gasteiger partial charge < -0.3 is 19.5 Å². The molecular weight excluding hydrogens is 366 g/mol. The molecule has 1 amide bonds. The Bertz CT molecular complexity index is 760. The zero-order valence-corrected chi connectivity index (χ0v) is 16.6. The number of benzene rings is 1. The van der Waals surface area contributed by atoms with Crippen molar-refractivity contribution < 1.29 is 24.2 Å². The Hall–Kier alpha value is -2.38. The topological polar surface area (TPSA) is 76.1 Å². The summed E-state index contributed by atoms with van der Waals surface area (Å²) >= 11 is 1.41. The lowest BCUT2D eigenvalue weighted by Crippen LogP contribution is -2.31. The first-order chi connectivity index (χ1) is 13.0. The average molecular weight is 391 g/mol. The Morgan fingerprint density at radius 1 is 1.15 bits per heavy atom. The van der Waals surface area contributed by atoms with Gasteiger partial charge in [0, 0.05) is 19.9 Å². The fraction of sp³-hybridized carbons (Fsp3) is 0.400. The van der Waals surface area contributed by atoms with E-state index in [4.69, 9.17) is 9.47 Å². The number of aliphatic hydroxyl groups excluding tert-OH is 1. The van der Waals surface area contributed by atoms with E-state index in [9.17, 15) is 14.7 Å². The summed E-state index contributed by atoms with van der Waals surface area (Å²) in [6.45, 7) is 0.160. The number of ether oxygens (including phenoxy) is 2. The van der Waals surface area contributed by atoms with Gasteiger partial charge in [0.15, 0.2) is 17.3 Å². The number of hydrogen-bond donors (Lipinski definition) is 1. The van der Waals surface area contributed by atoms with Crippen molar-refractivity contribution in [2.24, 2.45) is 0 Å². The lowest BCUT2D eigenvalue weighted by Gasteiger charge is -2.22. The van der Waals surface area contributed by atoms with Crippen molar-refractivity contribution >= 4 is 23.0 Å². The number of rotatable bonds is 10. The monoisotopic (exact) mass is 391 g/mol. The summed E-state index contributed by atoms with van der Waals surface area (Å²) in [5, 5.41) is 12.3. The maximum Gasteiger partial charge on any atom is 0.222 e. The van der Waals surface area contributed by atoms with Crippen LogP contribution in [0.3, 0.4) is 0 Å². The number of amides is 1. The Morgan fingerprint density at radius 2 is 1.89 bits per heavy atom. The number of likely N-dealkylation sites (N-methyl/N-ethyl adjacent to an activating group) is 1. The molecule has 6 nitrogen and oxygen atoms in total. The molecule has 1 atom stereocenters. The minimum atomic E-state index is -0.841. The van der Waals surface area contributed by atoms with Gasteiger partial charge in [0.25, 0.3) is 0 Å². The summed E-state index contributed by atoms with van der Waals surface area (Å²) in [7, 11) is 4.72. The minimum Gasteiger partial charge on any atom is -0.493 e. The van der Waals surface area contributed by atoms with Crippen LogP contribution in [0.2, 0.25) is 0 Å². The number of hydrogen-bond acceptors (Lipinski definition) is 6. The van der Waals surface area contributed by atoms with E-state index in [1.807, 2.05) is 11.4 Å². The van der Waals surface area contributed by atoms with Crippen molar-refractivity contribution in [2.45, 2.75) is 25.4 Å². The minimum absolute atomic E-state index is 0.0609. The predicted molar refractivity (Wildman–Crippen MR) is 105 cm³/mol. The molecule has 146 valence electrons. The number of nitrogens with zero attached hydrogens (tertiary/aromatic N) is 1. The molecule has 0 bridgehead atoms. The van der Waals surface area contributed by atoms with Gasteiger partial charge >= 0.3 is 0 Å². The molecule has 0 aliphatic carbocycles. The van der Waals surface area contributed by atoms with Gasteiger partial charge in [-0.1, -0.05) is 12.1 Å². The Balaban J connectivity index is 1.83. The fourth-order valence-corrected chi connectivity index (χ4v) is 3.37. The maximum absolute atomic E-state index is 12.3. The number of ketones is 1. The molecule has 0 saturated heterocycles. The van der Waals surface area contributed by atoms with Gasteiger partial charge in [-0.15, -0.1) is 11.3 Å². The zero-order chi connectivity index (χ0) is 19.8. The number of Topliss-reactive ketones (excluding diaryl/α,β-unsaturated/α-hetero) is 1. The molecule has 1 heterocycles. The van der Waals surface area contributed by atoms with Crippen molar-refractivity contribution in [1.82, 2.24) is 4.90 Å². The third-order valence-electron chi connectivity index (χ3n) is 4.26.